The zero-order valence-corrected chi connectivity index (χ0v) is 13.7. The molecule has 2 heterocycles. The number of nitrogens with zero attached hydrogens (tertiary/aromatic N) is 2. The number of imidazole rings is 1. The van der Waals surface area contributed by atoms with Gasteiger partial charge in [0.15, 0.2) is 0 Å². The summed E-state index contributed by atoms with van der Waals surface area (Å²) in [5.74, 6) is -1.83. The Morgan fingerprint density at radius 3 is 2.54 bits per heavy atom. The van der Waals surface area contributed by atoms with Gasteiger partial charge in [-0.15, -0.1) is 0 Å². The number of benzene rings is 1. The maximum atomic E-state index is 12.2. The van der Waals surface area contributed by atoms with Gasteiger partial charge in [0.05, 0.1) is 12.1 Å². The maximum absolute atomic E-state index is 12.2. The molecule has 132 valence electrons. The Morgan fingerprint density at radius 1 is 1.08 bits per heavy atom. The molecule has 0 radical (unpaired) electrons. The topological polar surface area (TPSA) is 113 Å². The number of carboxylic acids is 1. The van der Waals surface area contributed by atoms with Crippen molar-refractivity contribution in [1.82, 2.24) is 14.7 Å². The predicted molar refractivity (Wildman–Crippen MR) is 93.9 cm³/mol. The van der Waals surface area contributed by atoms with Gasteiger partial charge in [-0.25, -0.2) is 4.98 Å². The van der Waals surface area contributed by atoms with Crippen molar-refractivity contribution in [3.8, 4) is 0 Å². The van der Waals surface area contributed by atoms with Gasteiger partial charge in [0.2, 0.25) is 5.91 Å². The number of amides is 2. The normalized spacial score (nSPS) is 10.5. The van der Waals surface area contributed by atoms with Gasteiger partial charge in [0.25, 0.3) is 5.91 Å². The van der Waals surface area contributed by atoms with Crippen LogP contribution in [0.15, 0.2) is 54.9 Å². The van der Waals surface area contributed by atoms with Crippen molar-refractivity contribution < 1.29 is 19.5 Å². The average molecular weight is 352 g/mol. The van der Waals surface area contributed by atoms with Crippen molar-refractivity contribution in [2.75, 3.05) is 11.9 Å². The molecule has 3 aromatic rings. The zero-order valence-electron chi connectivity index (χ0n) is 13.7. The SMILES string of the molecule is O=C(O)CNC(=O)c1ccc(NC(=O)Cc2cn3ccccc3n2)cc1. The lowest BCUT2D eigenvalue weighted by Crippen LogP contribution is -2.29. The van der Waals surface area contributed by atoms with Crippen LogP contribution in [-0.4, -0.2) is 38.8 Å². The summed E-state index contributed by atoms with van der Waals surface area (Å²) in [6.07, 6.45) is 3.78. The molecule has 3 N–H and O–H groups in total. The molecule has 0 bridgehead atoms. The molecule has 2 aromatic heterocycles. The molecule has 0 saturated heterocycles. The molecule has 2 amide bonds. The van der Waals surface area contributed by atoms with E-state index < -0.39 is 18.4 Å². The Hall–Kier alpha value is -3.68. The molecular weight excluding hydrogens is 336 g/mol. The number of nitrogens with one attached hydrogen (secondary N) is 2. The molecule has 0 fully saturated rings. The van der Waals surface area contributed by atoms with Crippen molar-refractivity contribution in [3.05, 3.63) is 66.1 Å². The molecule has 0 spiro atoms. The number of aliphatic carboxylic acids is 1. The number of hydrogen-bond donors (Lipinski definition) is 3. The lowest BCUT2D eigenvalue weighted by Gasteiger charge is -2.06. The summed E-state index contributed by atoms with van der Waals surface area (Å²) >= 11 is 0. The molecule has 0 aliphatic heterocycles. The summed E-state index contributed by atoms with van der Waals surface area (Å²) < 4.78 is 1.84. The van der Waals surface area contributed by atoms with Gasteiger partial charge in [-0.3, -0.25) is 14.4 Å². The van der Waals surface area contributed by atoms with E-state index in [0.717, 1.165) is 5.65 Å². The first-order chi connectivity index (χ1) is 12.5. The Labute approximate surface area is 148 Å². The largest absolute Gasteiger partial charge is 0.480 e. The first-order valence-corrected chi connectivity index (χ1v) is 7.84. The predicted octanol–water partition coefficient (Wildman–Crippen LogP) is 1.33. The first-order valence-electron chi connectivity index (χ1n) is 7.84. The number of pyridine rings is 1. The highest BCUT2D eigenvalue weighted by atomic mass is 16.4. The number of carbonyl (C=O) groups is 3. The standard InChI is InChI=1S/C18H16N4O4/c23-16(9-14-11-22-8-2-1-3-15(22)20-14)21-13-6-4-12(5-7-13)18(26)19-10-17(24)25/h1-8,11H,9-10H2,(H,19,26)(H,21,23)(H,24,25). The van der Waals surface area contributed by atoms with Crippen LogP contribution in [0.3, 0.4) is 0 Å². The Bertz CT molecular complexity index is 930. The van der Waals surface area contributed by atoms with E-state index in [0.29, 0.717) is 16.9 Å². The highest BCUT2D eigenvalue weighted by Crippen LogP contribution is 2.11. The summed E-state index contributed by atoms with van der Waals surface area (Å²) in [5, 5.41) is 13.6. The number of fused-ring (bicyclic) bond motifs is 1. The van der Waals surface area contributed by atoms with Crippen molar-refractivity contribution in [1.29, 1.82) is 0 Å². The molecule has 0 aliphatic carbocycles. The quantitative estimate of drug-likeness (QED) is 0.619. The van der Waals surface area contributed by atoms with E-state index in [1.165, 1.54) is 12.1 Å². The van der Waals surface area contributed by atoms with E-state index in [2.05, 4.69) is 15.6 Å². The molecule has 0 unspecified atom stereocenters. The fourth-order valence-corrected chi connectivity index (χ4v) is 2.40. The van der Waals surface area contributed by atoms with E-state index in [9.17, 15) is 14.4 Å². The van der Waals surface area contributed by atoms with Gasteiger partial charge in [-0.05, 0) is 36.4 Å². The van der Waals surface area contributed by atoms with Crippen molar-refractivity contribution >= 4 is 29.1 Å². The molecule has 0 aliphatic rings. The Balaban J connectivity index is 1.58. The van der Waals surface area contributed by atoms with Gasteiger partial charge >= 0.3 is 5.97 Å². The van der Waals surface area contributed by atoms with Crippen LogP contribution in [0, 0.1) is 0 Å². The third-order valence-corrected chi connectivity index (χ3v) is 3.59. The third-order valence-electron chi connectivity index (χ3n) is 3.59. The molecule has 8 nitrogen and oxygen atoms in total. The minimum atomic E-state index is -1.12. The number of hydrogen-bond acceptors (Lipinski definition) is 4. The molecule has 8 heteroatoms. The van der Waals surface area contributed by atoms with Crippen molar-refractivity contribution in [3.63, 3.8) is 0 Å². The van der Waals surface area contributed by atoms with E-state index in [1.807, 2.05) is 28.8 Å². The van der Waals surface area contributed by atoms with Crippen LogP contribution < -0.4 is 10.6 Å². The fraction of sp³-hybridized carbons (Fsp3) is 0.111. The summed E-state index contributed by atoms with van der Waals surface area (Å²) in [7, 11) is 0. The maximum Gasteiger partial charge on any atom is 0.322 e. The van der Waals surface area contributed by atoms with Crippen LogP contribution in [0.5, 0.6) is 0 Å². The van der Waals surface area contributed by atoms with Crippen LogP contribution >= 0.6 is 0 Å². The molecule has 0 atom stereocenters. The van der Waals surface area contributed by atoms with E-state index in [1.54, 1.807) is 18.3 Å². The summed E-state index contributed by atoms with van der Waals surface area (Å²) in [6, 6.07) is 11.8. The number of carboxylic acid groups (broad SMARTS) is 1. The highest BCUT2D eigenvalue weighted by molar-refractivity contribution is 5.97. The summed E-state index contributed by atoms with van der Waals surface area (Å²) in [4.78, 5) is 38.7. The lowest BCUT2D eigenvalue weighted by molar-refractivity contribution is -0.135. The Kier molecular flexibility index (Phi) is 4.93. The second kappa shape index (κ2) is 7.47. The van der Waals surface area contributed by atoms with Gasteiger partial charge in [-0.1, -0.05) is 6.07 Å². The van der Waals surface area contributed by atoms with E-state index >= 15 is 0 Å². The number of anilines is 1. The number of rotatable bonds is 6. The zero-order chi connectivity index (χ0) is 18.5. The van der Waals surface area contributed by atoms with Crippen LogP contribution in [0.2, 0.25) is 0 Å². The fourth-order valence-electron chi connectivity index (χ4n) is 2.40. The van der Waals surface area contributed by atoms with Crippen molar-refractivity contribution in [2.45, 2.75) is 6.42 Å². The van der Waals surface area contributed by atoms with Crippen LogP contribution in [-0.2, 0) is 16.0 Å². The monoisotopic (exact) mass is 352 g/mol. The lowest BCUT2D eigenvalue weighted by atomic mass is 10.2. The second-order valence-electron chi connectivity index (χ2n) is 5.58. The number of aromatic nitrogens is 2. The summed E-state index contributed by atoms with van der Waals surface area (Å²) in [5.41, 5.74) is 2.27. The van der Waals surface area contributed by atoms with E-state index in [-0.39, 0.29) is 12.3 Å². The molecular formula is C18H16N4O4. The highest BCUT2D eigenvalue weighted by Gasteiger charge is 2.10. The van der Waals surface area contributed by atoms with Gasteiger partial charge < -0.3 is 20.1 Å². The minimum Gasteiger partial charge on any atom is -0.480 e. The summed E-state index contributed by atoms with van der Waals surface area (Å²) in [6.45, 7) is -0.448. The third kappa shape index (κ3) is 4.23. The molecule has 26 heavy (non-hydrogen) atoms. The smallest absolute Gasteiger partial charge is 0.322 e. The number of carbonyl (C=O) groups excluding carboxylic acids is 2. The average Bonchev–Trinajstić information content (AvgIpc) is 3.02. The molecule has 0 saturated carbocycles. The first kappa shape index (κ1) is 17.2. The second-order valence-corrected chi connectivity index (χ2v) is 5.58. The Morgan fingerprint density at radius 2 is 1.85 bits per heavy atom. The van der Waals surface area contributed by atoms with E-state index in [4.69, 9.17) is 5.11 Å². The minimum absolute atomic E-state index is 0.128. The molecule has 3 rings (SSSR count). The molecule has 1 aromatic carbocycles. The van der Waals surface area contributed by atoms with Crippen LogP contribution in [0.25, 0.3) is 5.65 Å². The van der Waals surface area contributed by atoms with Gasteiger partial charge in [-0.2, -0.15) is 0 Å². The van der Waals surface area contributed by atoms with Crippen molar-refractivity contribution in [2.24, 2.45) is 0 Å². The van der Waals surface area contributed by atoms with Gasteiger partial charge in [0.1, 0.15) is 12.2 Å². The van der Waals surface area contributed by atoms with Crippen LogP contribution in [0.4, 0.5) is 5.69 Å². The van der Waals surface area contributed by atoms with Crippen LogP contribution in [0.1, 0.15) is 16.1 Å². The van der Waals surface area contributed by atoms with Gasteiger partial charge in [0, 0.05) is 23.6 Å².